The molecule has 89 heavy (non-hydrogen) atoms. The standard InChI is InChI=1S/C80H145NO8/c1-6-8-10-12-14-16-18-20-22-24-26-28-30-32-34-36-38-39-41-43-45-47-49-51-53-55-57-59-61-63-65-67-69-71-78(83)89-76(75-88-80(79(84)85)86-73-72-81(3,4)5)74-87-77(82)70-68-66-64-62-60-58-56-54-52-50-48-46-44-42-40-37-35-33-31-29-27-25-23-21-19-17-15-13-11-9-7-2/h8,10,14,16,20,22,25-28,32,34,76,80H,6-7,9,11-13,15,17-19,21,23-24,29-31,33,35-75H2,1-5H3/b10-8-,16-14-,22-20-,27-25-,28-26-,34-32-. The van der Waals surface area contributed by atoms with Crippen molar-refractivity contribution < 1.29 is 42.9 Å². The largest absolute Gasteiger partial charge is 0.545 e. The minimum atomic E-state index is -1.62. The lowest BCUT2D eigenvalue weighted by Gasteiger charge is -2.26. The predicted molar refractivity (Wildman–Crippen MR) is 380 cm³/mol. The summed E-state index contributed by atoms with van der Waals surface area (Å²) in [7, 11) is 5.94. The highest BCUT2D eigenvalue weighted by molar-refractivity contribution is 5.70. The third-order valence-electron chi connectivity index (χ3n) is 16.9. The highest BCUT2D eigenvalue weighted by Crippen LogP contribution is 2.19. The zero-order valence-electron chi connectivity index (χ0n) is 59.3. The first kappa shape index (κ1) is 85.7. The van der Waals surface area contributed by atoms with Gasteiger partial charge in [-0.3, -0.25) is 9.59 Å². The average molecular weight is 1250 g/mol. The van der Waals surface area contributed by atoms with Gasteiger partial charge in [-0.05, 0) is 83.5 Å². The number of carboxylic acids is 1. The first-order valence-corrected chi connectivity index (χ1v) is 38.1. The summed E-state index contributed by atoms with van der Waals surface area (Å²) in [6, 6.07) is 0. The Balaban J connectivity index is 4.03. The summed E-state index contributed by atoms with van der Waals surface area (Å²) in [4.78, 5) is 37.6. The summed E-state index contributed by atoms with van der Waals surface area (Å²) < 4.78 is 22.9. The van der Waals surface area contributed by atoms with Gasteiger partial charge in [-0.15, -0.1) is 0 Å². The summed E-state index contributed by atoms with van der Waals surface area (Å²) in [5.74, 6) is -2.26. The van der Waals surface area contributed by atoms with Crippen LogP contribution in [0.25, 0.3) is 0 Å². The van der Waals surface area contributed by atoms with Gasteiger partial charge in [0.05, 0.1) is 40.3 Å². The Labute approximate surface area is 551 Å². The highest BCUT2D eigenvalue weighted by Gasteiger charge is 2.22. The Kier molecular flexibility index (Phi) is 68.0. The molecule has 9 heteroatoms. The van der Waals surface area contributed by atoms with Gasteiger partial charge in [0.25, 0.3) is 0 Å². The average Bonchev–Trinajstić information content (AvgIpc) is 3.64. The molecule has 0 saturated heterocycles. The molecule has 0 aromatic heterocycles. The minimum Gasteiger partial charge on any atom is -0.545 e. The summed E-state index contributed by atoms with van der Waals surface area (Å²) in [6.45, 7) is 4.69. The fourth-order valence-corrected chi connectivity index (χ4v) is 11.2. The number of carbonyl (C=O) groups excluding carboxylic acids is 3. The second-order valence-corrected chi connectivity index (χ2v) is 26.9. The van der Waals surface area contributed by atoms with E-state index in [0.29, 0.717) is 23.9 Å². The topological polar surface area (TPSA) is 111 Å². The fourth-order valence-electron chi connectivity index (χ4n) is 11.2. The van der Waals surface area contributed by atoms with Crippen LogP contribution < -0.4 is 5.11 Å². The number of esters is 2. The molecular formula is C80H145NO8. The first-order chi connectivity index (χ1) is 43.6. The number of likely N-dealkylation sites (N-methyl/N-ethyl adjacent to an activating group) is 1. The van der Waals surface area contributed by atoms with E-state index in [2.05, 4.69) is 86.8 Å². The highest BCUT2D eigenvalue weighted by atomic mass is 16.7. The molecule has 0 heterocycles. The summed E-state index contributed by atoms with van der Waals surface area (Å²) >= 11 is 0. The normalized spacial score (nSPS) is 13.0. The molecule has 518 valence electrons. The maximum Gasteiger partial charge on any atom is 0.306 e. The van der Waals surface area contributed by atoms with Crippen molar-refractivity contribution in [3.8, 4) is 0 Å². The van der Waals surface area contributed by atoms with E-state index in [1.54, 1.807) is 0 Å². The van der Waals surface area contributed by atoms with E-state index >= 15 is 0 Å². The smallest absolute Gasteiger partial charge is 0.306 e. The van der Waals surface area contributed by atoms with E-state index < -0.39 is 24.3 Å². The van der Waals surface area contributed by atoms with Crippen LogP contribution in [0.3, 0.4) is 0 Å². The van der Waals surface area contributed by atoms with E-state index in [1.165, 1.54) is 263 Å². The molecule has 0 aromatic rings. The Morgan fingerprint density at radius 2 is 0.640 bits per heavy atom. The molecule has 2 atom stereocenters. The monoisotopic (exact) mass is 1250 g/mol. The molecule has 0 aliphatic carbocycles. The number of rotatable bonds is 71. The van der Waals surface area contributed by atoms with Gasteiger partial charge >= 0.3 is 11.9 Å². The first-order valence-electron chi connectivity index (χ1n) is 38.1. The van der Waals surface area contributed by atoms with E-state index in [1.807, 2.05) is 21.1 Å². The van der Waals surface area contributed by atoms with Gasteiger partial charge in [0.1, 0.15) is 13.2 Å². The Morgan fingerprint density at radius 1 is 0.348 bits per heavy atom. The van der Waals surface area contributed by atoms with Crippen LogP contribution in [-0.4, -0.2) is 82.3 Å². The molecule has 0 rings (SSSR count). The Hall–Kier alpha value is -3.27. The number of ether oxygens (including phenoxy) is 4. The van der Waals surface area contributed by atoms with Crippen molar-refractivity contribution in [2.24, 2.45) is 0 Å². The van der Waals surface area contributed by atoms with Gasteiger partial charge in [-0.1, -0.05) is 337 Å². The Morgan fingerprint density at radius 3 is 0.966 bits per heavy atom. The number of unbranched alkanes of at least 4 members (excludes halogenated alkanes) is 44. The van der Waals surface area contributed by atoms with E-state index in [4.69, 9.17) is 18.9 Å². The molecule has 0 spiro atoms. The van der Waals surface area contributed by atoms with Crippen molar-refractivity contribution in [1.82, 2.24) is 0 Å². The van der Waals surface area contributed by atoms with Gasteiger partial charge in [0, 0.05) is 12.8 Å². The van der Waals surface area contributed by atoms with E-state index in [-0.39, 0.29) is 32.2 Å². The number of aliphatic carboxylic acids is 1. The SMILES string of the molecule is CC/C=C\C/C=C\C/C=C\C/C=C\C/C=C\CCCCCCCCCCCCCCCCCCCC(=O)OC(COC(=O)CCCCCCCCCCCCCCCCCCCCC/C=C\CCCCCCCCCC)COC(OCC[N+](C)(C)C)C(=O)[O-]. The zero-order valence-corrected chi connectivity index (χ0v) is 59.3. The van der Waals surface area contributed by atoms with Crippen LogP contribution in [0.1, 0.15) is 361 Å². The lowest BCUT2D eigenvalue weighted by Crippen LogP contribution is -2.44. The molecule has 0 radical (unpaired) electrons. The number of allylic oxidation sites excluding steroid dienone is 12. The van der Waals surface area contributed by atoms with Gasteiger partial charge in [-0.25, -0.2) is 0 Å². The molecule has 0 saturated carbocycles. The summed E-state index contributed by atoms with van der Waals surface area (Å²) in [5, 5.41) is 11.8. The van der Waals surface area contributed by atoms with E-state index in [0.717, 1.165) is 64.2 Å². The molecule has 0 aliphatic rings. The molecule has 0 N–H and O–H groups in total. The van der Waals surface area contributed by atoms with Crippen LogP contribution in [0.2, 0.25) is 0 Å². The molecule has 0 bridgehead atoms. The van der Waals surface area contributed by atoms with Crippen LogP contribution >= 0.6 is 0 Å². The molecule has 0 aliphatic heterocycles. The van der Waals surface area contributed by atoms with Crippen molar-refractivity contribution in [3.05, 3.63) is 72.9 Å². The van der Waals surface area contributed by atoms with E-state index in [9.17, 15) is 19.5 Å². The third-order valence-corrected chi connectivity index (χ3v) is 16.9. The van der Waals surface area contributed by atoms with Gasteiger partial charge < -0.3 is 33.3 Å². The van der Waals surface area contributed by atoms with Crippen molar-refractivity contribution in [2.75, 3.05) is 47.5 Å². The van der Waals surface area contributed by atoms with Crippen LogP contribution in [-0.2, 0) is 33.3 Å². The number of quaternary nitrogens is 1. The fraction of sp³-hybridized carbons (Fsp3) is 0.812. The zero-order chi connectivity index (χ0) is 64.7. The quantitative estimate of drug-likeness (QED) is 0.0195. The van der Waals surface area contributed by atoms with Crippen molar-refractivity contribution in [1.29, 1.82) is 0 Å². The Bertz CT molecular complexity index is 1690. The number of hydrogen-bond donors (Lipinski definition) is 0. The lowest BCUT2D eigenvalue weighted by molar-refractivity contribution is -0.870. The number of hydrogen-bond acceptors (Lipinski definition) is 8. The maximum absolute atomic E-state index is 13.0. The van der Waals surface area contributed by atoms with Gasteiger partial charge in [-0.2, -0.15) is 0 Å². The molecule has 0 amide bonds. The molecule has 9 nitrogen and oxygen atoms in total. The van der Waals surface area contributed by atoms with Crippen molar-refractivity contribution >= 4 is 17.9 Å². The second-order valence-electron chi connectivity index (χ2n) is 26.9. The number of nitrogens with zero attached hydrogens (tertiary/aromatic N) is 1. The van der Waals surface area contributed by atoms with Gasteiger partial charge in [0.15, 0.2) is 12.4 Å². The molecule has 0 fully saturated rings. The van der Waals surface area contributed by atoms with Crippen molar-refractivity contribution in [3.63, 3.8) is 0 Å². The molecule has 0 aromatic carbocycles. The second kappa shape index (κ2) is 70.6. The lowest BCUT2D eigenvalue weighted by atomic mass is 10.0. The van der Waals surface area contributed by atoms with Crippen LogP contribution in [0.15, 0.2) is 72.9 Å². The van der Waals surface area contributed by atoms with Crippen LogP contribution in [0, 0.1) is 0 Å². The predicted octanol–water partition coefficient (Wildman–Crippen LogP) is 22.7. The van der Waals surface area contributed by atoms with Crippen LogP contribution in [0.5, 0.6) is 0 Å². The summed E-state index contributed by atoms with van der Waals surface area (Å²) in [6.07, 6.45) is 91.5. The molecular weight excluding hydrogens is 1100 g/mol. The third kappa shape index (κ3) is 72.0. The summed E-state index contributed by atoms with van der Waals surface area (Å²) in [5.41, 5.74) is 0. The maximum atomic E-state index is 13.0. The van der Waals surface area contributed by atoms with Gasteiger partial charge in [0.2, 0.25) is 0 Å². The molecule has 2 unspecified atom stereocenters. The number of carboxylic acid groups (broad SMARTS) is 1. The van der Waals surface area contributed by atoms with Crippen molar-refractivity contribution in [2.45, 2.75) is 373 Å². The number of carbonyl (C=O) groups is 3. The minimum absolute atomic E-state index is 0.148. The van der Waals surface area contributed by atoms with Crippen LogP contribution in [0.4, 0.5) is 0 Å².